The molecule has 20 heavy (non-hydrogen) atoms. The van der Waals surface area contributed by atoms with Crippen molar-refractivity contribution in [2.24, 2.45) is 0 Å². The Hall–Kier alpha value is -0.610. The van der Waals surface area contributed by atoms with Gasteiger partial charge in [-0.3, -0.25) is 4.79 Å². The van der Waals surface area contributed by atoms with Crippen LogP contribution in [0.1, 0.15) is 58.3 Å². The molecule has 1 amide bonds. The smallest absolute Gasteiger partial charge is 0.220 e. The Morgan fingerprint density at radius 3 is 2.20 bits per heavy atom. The number of unbranched alkanes of at least 4 members (excludes halogenated alkanes) is 6. The zero-order chi connectivity index (χ0) is 15.3. The summed E-state index contributed by atoms with van der Waals surface area (Å²) in [6.07, 6.45) is 9.35. The molecule has 0 saturated carbocycles. The van der Waals surface area contributed by atoms with Crippen LogP contribution in [0.15, 0.2) is 0 Å². The van der Waals surface area contributed by atoms with Crippen molar-refractivity contribution in [1.82, 2.24) is 5.32 Å². The first-order chi connectivity index (χ1) is 9.52. The normalized spacial score (nSPS) is 11.6. The molecule has 0 aromatic carbocycles. The van der Waals surface area contributed by atoms with E-state index in [0.29, 0.717) is 13.0 Å². The van der Waals surface area contributed by atoms with Crippen LogP contribution in [-0.4, -0.2) is 55.8 Å². The van der Waals surface area contributed by atoms with Crippen LogP contribution in [0.4, 0.5) is 0 Å². The first-order valence-corrected chi connectivity index (χ1v) is 8.21. The number of quaternary nitrogens is 1. The molecule has 0 radical (unpaired) electrons. The molecule has 4 nitrogen and oxygen atoms in total. The minimum absolute atomic E-state index is 0.169. The first-order valence-electron chi connectivity index (χ1n) is 8.21. The molecule has 0 aliphatic carbocycles. The molecular weight excluding hydrogens is 252 g/mol. The SMILES string of the molecule is CCCCCCCCCC(=O)NCC[N+](C)(C)CCO. The molecule has 0 spiro atoms. The summed E-state index contributed by atoms with van der Waals surface area (Å²) < 4.78 is 0.744. The number of carbonyl (C=O) groups excluding carboxylic acids is 1. The van der Waals surface area contributed by atoms with Crippen LogP contribution in [0.2, 0.25) is 0 Å². The third kappa shape index (κ3) is 12.4. The van der Waals surface area contributed by atoms with E-state index in [1.54, 1.807) is 0 Å². The monoisotopic (exact) mass is 287 g/mol. The molecule has 0 aliphatic rings. The molecule has 120 valence electrons. The quantitative estimate of drug-likeness (QED) is 0.403. The summed E-state index contributed by atoms with van der Waals surface area (Å²) in [5, 5.41) is 11.9. The Morgan fingerprint density at radius 1 is 1.00 bits per heavy atom. The van der Waals surface area contributed by atoms with Gasteiger partial charge >= 0.3 is 0 Å². The number of nitrogens with zero attached hydrogens (tertiary/aromatic N) is 1. The Balaban J connectivity index is 3.41. The molecule has 0 saturated heterocycles. The Bertz CT molecular complexity index is 243. The van der Waals surface area contributed by atoms with Crippen molar-refractivity contribution in [2.45, 2.75) is 58.3 Å². The van der Waals surface area contributed by atoms with Crippen molar-refractivity contribution in [3.8, 4) is 0 Å². The molecule has 0 aromatic rings. The van der Waals surface area contributed by atoms with Crippen LogP contribution in [-0.2, 0) is 4.79 Å². The second kappa shape index (κ2) is 12.2. The molecule has 2 N–H and O–H groups in total. The van der Waals surface area contributed by atoms with E-state index in [1.807, 2.05) is 0 Å². The molecule has 0 aromatic heterocycles. The van der Waals surface area contributed by atoms with Gasteiger partial charge in [-0.15, -0.1) is 0 Å². The molecule has 0 fully saturated rings. The number of amides is 1. The van der Waals surface area contributed by atoms with Crippen LogP contribution in [0.5, 0.6) is 0 Å². The molecule has 0 bridgehead atoms. The summed E-state index contributed by atoms with van der Waals surface area (Å²) in [4.78, 5) is 11.7. The second-order valence-electron chi connectivity index (χ2n) is 6.33. The summed E-state index contributed by atoms with van der Waals surface area (Å²) >= 11 is 0. The van der Waals surface area contributed by atoms with Crippen LogP contribution in [0.25, 0.3) is 0 Å². The summed E-state index contributed by atoms with van der Waals surface area (Å²) in [6, 6.07) is 0. The third-order valence-corrected chi connectivity index (χ3v) is 3.75. The second-order valence-corrected chi connectivity index (χ2v) is 6.33. The topological polar surface area (TPSA) is 49.3 Å². The molecule has 0 atom stereocenters. The fourth-order valence-electron chi connectivity index (χ4n) is 2.21. The van der Waals surface area contributed by atoms with E-state index in [2.05, 4.69) is 26.3 Å². The van der Waals surface area contributed by atoms with Gasteiger partial charge in [-0.2, -0.15) is 0 Å². The summed E-state index contributed by atoms with van der Waals surface area (Å²) in [5.74, 6) is 0.169. The minimum Gasteiger partial charge on any atom is -0.391 e. The van der Waals surface area contributed by atoms with E-state index in [1.165, 1.54) is 38.5 Å². The number of hydrogen-bond acceptors (Lipinski definition) is 2. The molecule has 0 aliphatic heterocycles. The molecule has 0 heterocycles. The highest BCUT2D eigenvalue weighted by Gasteiger charge is 2.13. The van der Waals surface area contributed by atoms with E-state index in [-0.39, 0.29) is 12.5 Å². The number of aliphatic hydroxyl groups excluding tert-OH is 1. The van der Waals surface area contributed by atoms with Crippen molar-refractivity contribution >= 4 is 5.91 Å². The Kier molecular flexibility index (Phi) is 11.8. The third-order valence-electron chi connectivity index (χ3n) is 3.75. The Morgan fingerprint density at radius 2 is 1.60 bits per heavy atom. The maximum absolute atomic E-state index is 11.7. The van der Waals surface area contributed by atoms with Gasteiger partial charge in [0, 0.05) is 6.42 Å². The van der Waals surface area contributed by atoms with E-state index < -0.39 is 0 Å². The summed E-state index contributed by atoms with van der Waals surface area (Å²) in [7, 11) is 4.14. The number of aliphatic hydroxyl groups is 1. The minimum atomic E-state index is 0.169. The van der Waals surface area contributed by atoms with Crippen molar-refractivity contribution in [3.63, 3.8) is 0 Å². The van der Waals surface area contributed by atoms with Gasteiger partial charge < -0.3 is 14.9 Å². The zero-order valence-corrected chi connectivity index (χ0v) is 13.8. The fraction of sp³-hybridized carbons (Fsp3) is 0.938. The zero-order valence-electron chi connectivity index (χ0n) is 13.8. The lowest BCUT2D eigenvalue weighted by Gasteiger charge is -2.28. The number of rotatable bonds is 13. The van der Waals surface area contributed by atoms with Crippen LogP contribution >= 0.6 is 0 Å². The van der Waals surface area contributed by atoms with E-state index >= 15 is 0 Å². The van der Waals surface area contributed by atoms with E-state index in [4.69, 9.17) is 5.11 Å². The van der Waals surface area contributed by atoms with Crippen molar-refractivity contribution < 1.29 is 14.4 Å². The first kappa shape index (κ1) is 19.4. The van der Waals surface area contributed by atoms with Crippen molar-refractivity contribution in [3.05, 3.63) is 0 Å². The number of carbonyl (C=O) groups is 1. The largest absolute Gasteiger partial charge is 0.391 e. The van der Waals surface area contributed by atoms with Gasteiger partial charge in [-0.1, -0.05) is 45.4 Å². The standard InChI is InChI=1S/C16H34N2O2/c1-4-5-6-7-8-9-10-11-16(20)17-12-13-18(2,3)14-15-19/h19H,4-15H2,1-3H3/p+1. The molecule has 0 rings (SSSR count). The molecular formula is C16H35N2O2+. The van der Waals surface area contributed by atoms with Crippen LogP contribution < -0.4 is 5.32 Å². The van der Waals surface area contributed by atoms with Gasteiger partial charge in [-0.25, -0.2) is 0 Å². The van der Waals surface area contributed by atoms with Crippen molar-refractivity contribution in [1.29, 1.82) is 0 Å². The fourth-order valence-corrected chi connectivity index (χ4v) is 2.21. The van der Waals surface area contributed by atoms with Gasteiger partial charge in [0.05, 0.1) is 33.8 Å². The van der Waals surface area contributed by atoms with Crippen LogP contribution in [0.3, 0.4) is 0 Å². The van der Waals surface area contributed by atoms with Gasteiger partial charge in [0.2, 0.25) is 5.91 Å². The lowest BCUT2D eigenvalue weighted by atomic mass is 10.1. The lowest BCUT2D eigenvalue weighted by molar-refractivity contribution is -0.889. The highest BCUT2D eigenvalue weighted by Crippen LogP contribution is 2.08. The molecule has 0 unspecified atom stereocenters. The van der Waals surface area contributed by atoms with E-state index in [9.17, 15) is 4.79 Å². The molecule has 4 heteroatoms. The van der Waals surface area contributed by atoms with Gasteiger partial charge in [0.25, 0.3) is 0 Å². The summed E-state index contributed by atoms with van der Waals surface area (Å²) in [6.45, 7) is 4.71. The van der Waals surface area contributed by atoms with E-state index in [0.717, 1.165) is 24.0 Å². The highest BCUT2D eigenvalue weighted by atomic mass is 16.3. The highest BCUT2D eigenvalue weighted by molar-refractivity contribution is 5.75. The maximum Gasteiger partial charge on any atom is 0.220 e. The summed E-state index contributed by atoms with van der Waals surface area (Å²) in [5.41, 5.74) is 0. The van der Waals surface area contributed by atoms with Crippen molar-refractivity contribution in [2.75, 3.05) is 40.3 Å². The number of likely N-dealkylation sites (N-methyl/N-ethyl adjacent to an activating group) is 1. The average Bonchev–Trinajstić information content (AvgIpc) is 2.37. The lowest BCUT2D eigenvalue weighted by Crippen LogP contribution is -2.46. The Labute approximate surface area is 125 Å². The van der Waals surface area contributed by atoms with Gasteiger partial charge in [-0.05, 0) is 6.42 Å². The predicted molar refractivity (Wildman–Crippen MR) is 84.5 cm³/mol. The predicted octanol–water partition coefficient (Wildman–Crippen LogP) is 2.31. The number of nitrogens with one attached hydrogen (secondary N) is 1. The van der Waals surface area contributed by atoms with Gasteiger partial charge in [0.15, 0.2) is 0 Å². The number of hydrogen-bond donors (Lipinski definition) is 2. The maximum atomic E-state index is 11.7. The van der Waals surface area contributed by atoms with Gasteiger partial charge in [0.1, 0.15) is 6.54 Å². The average molecular weight is 287 g/mol. The van der Waals surface area contributed by atoms with Crippen LogP contribution in [0, 0.1) is 0 Å².